The molecule has 1 fully saturated rings. The van der Waals surface area contributed by atoms with Crippen molar-refractivity contribution in [1.82, 2.24) is 10.2 Å². The van der Waals surface area contributed by atoms with Gasteiger partial charge in [0.2, 0.25) is 11.8 Å². The van der Waals surface area contributed by atoms with Gasteiger partial charge in [0.05, 0.1) is 12.0 Å². The number of amides is 2. The molecule has 98 valence electrons. The van der Waals surface area contributed by atoms with Crippen molar-refractivity contribution < 1.29 is 14.7 Å². The fraction of sp³-hybridized carbons (Fsp3) is 0.833. The van der Waals surface area contributed by atoms with Crippen LogP contribution in [0.25, 0.3) is 0 Å². The first-order valence-electron chi connectivity index (χ1n) is 6.11. The van der Waals surface area contributed by atoms with Gasteiger partial charge in [-0.25, -0.2) is 0 Å². The molecular weight excluding hydrogens is 220 g/mol. The summed E-state index contributed by atoms with van der Waals surface area (Å²) in [5.41, 5.74) is 0. The lowest BCUT2D eigenvalue weighted by Crippen LogP contribution is -2.34. The Labute approximate surface area is 102 Å². The molecule has 0 aliphatic carbocycles. The topological polar surface area (TPSA) is 69.6 Å². The summed E-state index contributed by atoms with van der Waals surface area (Å²) in [7, 11) is 1.71. The van der Waals surface area contributed by atoms with Crippen molar-refractivity contribution in [3.8, 4) is 0 Å². The maximum Gasteiger partial charge on any atom is 0.225 e. The lowest BCUT2D eigenvalue weighted by Gasteiger charge is -2.15. The van der Waals surface area contributed by atoms with E-state index in [9.17, 15) is 14.7 Å². The minimum absolute atomic E-state index is 0.0207. The van der Waals surface area contributed by atoms with Gasteiger partial charge >= 0.3 is 0 Å². The van der Waals surface area contributed by atoms with E-state index in [0.29, 0.717) is 25.9 Å². The second-order valence-electron chi connectivity index (χ2n) is 5.07. The largest absolute Gasteiger partial charge is 0.393 e. The predicted molar refractivity (Wildman–Crippen MR) is 64.2 cm³/mol. The zero-order chi connectivity index (χ0) is 13.0. The first-order valence-corrected chi connectivity index (χ1v) is 6.11. The summed E-state index contributed by atoms with van der Waals surface area (Å²) >= 11 is 0. The second kappa shape index (κ2) is 6.00. The van der Waals surface area contributed by atoms with Gasteiger partial charge < -0.3 is 15.3 Å². The minimum Gasteiger partial charge on any atom is -0.393 e. The SMILES string of the molecule is CC(C)C(O)CCNC(=O)C1CC(=O)N(C)C1. The number of hydrogen-bond donors (Lipinski definition) is 2. The summed E-state index contributed by atoms with van der Waals surface area (Å²) in [6.45, 7) is 4.85. The van der Waals surface area contributed by atoms with E-state index in [0.717, 1.165) is 0 Å². The van der Waals surface area contributed by atoms with Gasteiger partial charge in [0.25, 0.3) is 0 Å². The minimum atomic E-state index is -0.386. The molecule has 1 aliphatic heterocycles. The zero-order valence-electron chi connectivity index (χ0n) is 10.8. The number of hydrogen-bond acceptors (Lipinski definition) is 3. The Morgan fingerprint density at radius 2 is 2.24 bits per heavy atom. The van der Waals surface area contributed by atoms with Crippen molar-refractivity contribution in [3.63, 3.8) is 0 Å². The highest BCUT2D eigenvalue weighted by Gasteiger charge is 2.31. The smallest absolute Gasteiger partial charge is 0.225 e. The first kappa shape index (κ1) is 14.0. The molecule has 2 atom stereocenters. The van der Waals surface area contributed by atoms with Crippen molar-refractivity contribution in [2.75, 3.05) is 20.1 Å². The third kappa shape index (κ3) is 4.00. The first-order chi connectivity index (χ1) is 7.91. The van der Waals surface area contributed by atoms with E-state index in [-0.39, 0.29) is 29.8 Å². The molecule has 17 heavy (non-hydrogen) atoms. The molecule has 0 aromatic rings. The molecule has 1 aliphatic rings. The van der Waals surface area contributed by atoms with Crippen molar-refractivity contribution in [3.05, 3.63) is 0 Å². The molecule has 0 aromatic carbocycles. The fourth-order valence-corrected chi connectivity index (χ4v) is 1.86. The average Bonchev–Trinajstić information content (AvgIpc) is 2.59. The summed E-state index contributed by atoms with van der Waals surface area (Å²) in [4.78, 5) is 24.6. The molecule has 1 rings (SSSR count). The molecule has 0 bridgehead atoms. The van der Waals surface area contributed by atoms with Gasteiger partial charge in [0, 0.05) is 26.6 Å². The van der Waals surface area contributed by atoms with Crippen LogP contribution in [0.3, 0.4) is 0 Å². The van der Waals surface area contributed by atoms with E-state index in [4.69, 9.17) is 0 Å². The average molecular weight is 242 g/mol. The molecule has 2 unspecified atom stereocenters. The molecule has 0 radical (unpaired) electrons. The number of aliphatic hydroxyl groups excluding tert-OH is 1. The summed E-state index contributed by atoms with van der Waals surface area (Å²) in [6.07, 6.45) is 0.470. The Hall–Kier alpha value is -1.10. The van der Waals surface area contributed by atoms with Crippen LogP contribution in [0.1, 0.15) is 26.7 Å². The molecule has 0 aromatic heterocycles. The number of rotatable bonds is 5. The van der Waals surface area contributed by atoms with Crippen LogP contribution in [0.2, 0.25) is 0 Å². The van der Waals surface area contributed by atoms with E-state index >= 15 is 0 Å². The number of carbonyl (C=O) groups excluding carboxylic acids is 2. The molecule has 2 N–H and O–H groups in total. The molecule has 1 saturated heterocycles. The highest BCUT2D eigenvalue weighted by Crippen LogP contribution is 2.15. The molecule has 0 spiro atoms. The quantitative estimate of drug-likeness (QED) is 0.712. The van der Waals surface area contributed by atoms with Gasteiger partial charge in [0.15, 0.2) is 0 Å². The number of nitrogens with one attached hydrogen (secondary N) is 1. The normalized spacial score (nSPS) is 22.1. The lowest BCUT2D eigenvalue weighted by molar-refractivity contribution is -0.128. The Balaban J connectivity index is 2.24. The van der Waals surface area contributed by atoms with Crippen LogP contribution >= 0.6 is 0 Å². The maximum absolute atomic E-state index is 11.7. The van der Waals surface area contributed by atoms with Crippen LogP contribution in [0.15, 0.2) is 0 Å². The van der Waals surface area contributed by atoms with Crippen LogP contribution in [0.4, 0.5) is 0 Å². The summed E-state index contributed by atoms with van der Waals surface area (Å²) in [5.74, 6) is -0.0965. The number of aliphatic hydroxyl groups is 1. The van der Waals surface area contributed by atoms with E-state index in [1.807, 2.05) is 13.8 Å². The second-order valence-corrected chi connectivity index (χ2v) is 5.07. The van der Waals surface area contributed by atoms with Gasteiger partial charge in [-0.05, 0) is 12.3 Å². The fourth-order valence-electron chi connectivity index (χ4n) is 1.86. The monoisotopic (exact) mass is 242 g/mol. The van der Waals surface area contributed by atoms with Crippen LogP contribution < -0.4 is 5.32 Å². The van der Waals surface area contributed by atoms with Gasteiger partial charge in [-0.1, -0.05) is 13.8 Å². The number of nitrogens with zero attached hydrogens (tertiary/aromatic N) is 1. The van der Waals surface area contributed by atoms with Crippen molar-refractivity contribution in [2.24, 2.45) is 11.8 Å². The lowest BCUT2D eigenvalue weighted by atomic mass is 10.0. The predicted octanol–water partition coefficient (Wildman–Crippen LogP) is -0.0121. The van der Waals surface area contributed by atoms with Gasteiger partial charge in [-0.3, -0.25) is 9.59 Å². The van der Waals surface area contributed by atoms with Crippen LogP contribution in [0, 0.1) is 11.8 Å². The summed E-state index contributed by atoms with van der Waals surface area (Å²) in [5, 5.41) is 12.3. The Morgan fingerprint density at radius 1 is 1.59 bits per heavy atom. The molecule has 1 heterocycles. The maximum atomic E-state index is 11.7. The van der Waals surface area contributed by atoms with Crippen molar-refractivity contribution >= 4 is 11.8 Å². The summed E-state index contributed by atoms with van der Waals surface area (Å²) in [6, 6.07) is 0. The molecular formula is C12H22N2O3. The number of carbonyl (C=O) groups is 2. The Bertz CT molecular complexity index is 291. The van der Waals surface area contributed by atoms with Crippen molar-refractivity contribution in [1.29, 1.82) is 0 Å². The van der Waals surface area contributed by atoms with E-state index in [2.05, 4.69) is 5.32 Å². The van der Waals surface area contributed by atoms with Gasteiger partial charge in [0.1, 0.15) is 0 Å². The third-order valence-electron chi connectivity index (χ3n) is 3.22. The van der Waals surface area contributed by atoms with Crippen LogP contribution in [0.5, 0.6) is 0 Å². The van der Waals surface area contributed by atoms with E-state index < -0.39 is 0 Å². The van der Waals surface area contributed by atoms with Gasteiger partial charge in [-0.15, -0.1) is 0 Å². The van der Waals surface area contributed by atoms with Crippen molar-refractivity contribution in [2.45, 2.75) is 32.8 Å². The Morgan fingerprint density at radius 3 is 2.71 bits per heavy atom. The summed E-state index contributed by atoms with van der Waals surface area (Å²) < 4.78 is 0. The van der Waals surface area contributed by atoms with Crippen LogP contribution in [-0.4, -0.2) is 48.1 Å². The zero-order valence-corrected chi connectivity index (χ0v) is 10.8. The van der Waals surface area contributed by atoms with E-state index in [1.165, 1.54) is 0 Å². The highest BCUT2D eigenvalue weighted by molar-refractivity contribution is 5.89. The molecule has 5 heteroatoms. The number of likely N-dealkylation sites (tertiary alicyclic amines) is 1. The molecule has 5 nitrogen and oxygen atoms in total. The van der Waals surface area contributed by atoms with Gasteiger partial charge in [-0.2, -0.15) is 0 Å². The highest BCUT2D eigenvalue weighted by atomic mass is 16.3. The van der Waals surface area contributed by atoms with Crippen LogP contribution in [-0.2, 0) is 9.59 Å². The van der Waals surface area contributed by atoms with E-state index in [1.54, 1.807) is 11.9 Å². The molecule has 0 saturated carbocycles. The third-order valence-corrected chi connectivity index (χ3v) is 3.22. The standard InChI is InChI=1S/C12H22N2O3/c1-8(2)10(15)4-5-13-12(17)9-6-11(16)14(3)7-9/h8-10,15H,4-7H2,1-3H3,(H,13,17). The Kier molecular flexibility index (Phi) is 4.93. The molecule has 2 amide bonds.